The molecule has 0 fully saturated rings. The Bertz CT molecular complexity index is 394. The highest BCUT2D eigenvalue weighted by Crippen LogP contribution is 2.30. The van der Waals surface area contributed by atoms with Gasteiger partial charge >= 0.3 is 0 Å². The van der Waals surface area contributed by atoms with Crippen LogP contribution in [0.1, 0.15) is 13.3 Å². The van der Waals surface area contributed by atoms with E-state index >= 15 is 0 Å². The molecule has 0 aromatic heterocycles. The van der Waals surface area contributed by atoms with E-state index in [1.807, 2.05) is 18.2 Å². The van der Waals surface area contributed by atoms with E-state index in [0.717, 1.165) is 12.1 Å². The summed E-state index contributed by atoms with van der Waals surface area (Å²) < 4.78 is -0.131. The number of anilines is 1. The van der Waals surface area contributed by atoms with Crippen molar-refractivity contribution < 1.29 is 0 Å². The molecule has 2 rings (SSSR count). The van der Waals surface area contributed by atoms with Crippen LogP contribution in [0.5, 0.6) is 0 Å². The Balaban J connectivity index is 2.10. The molecule has 0 spiro atoms. The van der Waals surface area contributed by atoms with Crippen LogP contribution in [0.25, 0.3) is 0 Å². The lowest BCUT2D eigenvalue weighted by Gasteiger charge is -2.28. The summed E-state index contributed by atoms with van der Waals surface area (Å²) in [6.45, 7) is 2.12. The number of nitrogens with one attached hydrogen (secondary N) is 1. The number of hydrogen-bond donors (Lipinski definition) is 1. The lowest BCUT2D eigenvalue weighted by atomic mass is 10.0. The normalized spacial score (nSPS) is 24.8. The van der Waals surface area contributed by atoms with Gasteiger partial charge in [-0.05, 0) is 25.1 Å². The molecule has 0 saturated carbocycles. The first-order chi connectivity index (χ1) is 7.18. The molecule has 0 bridgehead atoms. The van der Waals surface area contributed by atoms with Gasteiger partial charge in [0.2, 0.25) is 0 Å². The minimum atomic E-state index is -0.131. The topological polar surface area (TPSA) is 12.0 Å². The van der Waals surface area contributed by atoms with Gasteiger partial charge in [0.15, 0.2) is 0 Å². The molecule has 0 amide bonds. The van der Waals surface area contributed by atoms with Gasteiger partial charge in [0.05, 0.1) is 0 Å². The molecule has 0 aliphatic heterocycles. The molecule has 1 unspecified atom stereocenters. The molecular formula is C13H14BrN. The number of hydrogen-bond acceptors (Lipinski definition) is 1. The van der Waals surface area contributed by atoms with Crippen molar-refractivity contribution >= 4 is 21.6 Å². The summed E-state index contributed by atoms with van der Waals surface area (Å²) in [4.78, 5) is 0. The van der Waals surface area contributed by atoms with E-state index in [1.54, 1.807) is 0 Å². The van der Waals surface area contributed by atoms with E-state index in [2.05, 4.69) is 58.5 Å². The van der Waals surface area contributed by atoms with E-state index in [-0.39, 0.29) is 4.45 Å². The van der Waals surface area contributed by atoms with Crippen LogP contribution in [0.4, 0.5) is 5.69 Å². The molecule has 1 aromatic rings. The third kappa shape index (κ3) is 2.72. The Morgan fingerprint density at radius 3 is 2.60 bits per heavy atom. The van der Waals surface area contributed by atoms with Crippen LogP contribution >= 0.6 is 15.9 Å². The maximum atomic E-state index is 3.72. The Morgan fingerprint density at radius 2 is 2.00 bits per heavy atom. The van der Waals surface area contributed by atoms with Gasteiger partial charge in [-0.2, -0.15) is 0 Å². The van der Waals surface area contributed by atoms with Gasteiger partial charge in [0.25, 0.3) is 0 Å². The molecular weight excluding hydrogens is 250 g/mol. The third-order valence-corrected chi connectivity index (χ3v) is 3.24. The van der Waals surface area contributed by atoms with Crippen molar-refractivity contribution in [2.24, 2.45) is 0 Å². The van der Waals surface area contributed by atoms with Crippen LogP contribution in [-0.2, 0) is 0 Å². The van der Waals surface area contributed by atoms with Gasteiger partial charge in [-0.15, -0.1) is 0 Å². The predicted octanol–water partition coefficient (Wildman–Crippen LogP) is 4.10. The van der Waals surface area contributed by atoms with E-state index in [0.29, 0.717) is 0 Å². The molecule has 1 N–H and O–H groups in total. The molecule has 1 aliphatic carbocycles. The first-order valence-corrected chi connectivity index (χ1v) is 5.85. The van der Waals surface area contributed by atoms with Crippen molar-refractivity contribution in [3.05, 3.63) is 54.1 Å². The molecule has 78 valence electrons. The fourth-order valence-corrected chi connectivity index (χ4v) is 2.09. The largest absolute Gasteiger partial charge is 0.367 e. The fraction of sp³-hybridized carbons (Fsp3) is 0.231. The number of allylic oxidation sites excluding steroid dienone is 2. The van der Waals surface area contributed by atoms with Crippen LogP contribution in [0.2, 0.25) is 0 Å². The van der Waals surface area contributed by atoms with Gasteiger partial charge in [0, 0.05) is 12.1 Å². The van der Waals surface area contributed by atoms with E-state index in [4.69, 9.17) is 0 Å². The van der Waals surface area contributed by atoms with Crippen LogP contribution in [0, 0.1) is 0 Å². The van der Waals surface area contributed by atoms with Crippen molar-refractivity contribution in [1.82, 2.24) is 0 Å². The first-order valence-electron chi connectivity index (χ1n) is 5.06. The zero-order valence-electron chi connectivity index (χ0n) is 8.70. The lowest BCUT2D eigenvalue weighted by Crippen LogP contribution is -2.29. The summed E-state index contributed by atoms with van der Waals surface area (Å²) in [6.07, 6.45) is 7.48. The zero-order chi connectivity index (χ0) is 10.7. The number of rotatable bonds is 2. The molecule has 0 heterocycles. The molecule has 0 saturated heterocycles. The SMILES string of the molecule is CC1=CCC(Br)(Nc2ccccc2)C=C1. The Hall–Kier alpha value is -1.02. The monoisotopic (exact) mass is 263 g/mol. The number of alkyl halides is 1. The Morgan fingerprint density at radius 1 is 1.27 bits per heavy atom. The summed E-state index contributed by atoms with van der Waals surface area (Å²) in [5.41, 5.74) is 2.45. The van der Waals surface area contributed by atoms with Crippen LogP contribution in [-0.4, -0.2) is 4.45 Å². The zero-order valence-corrected chi connectivity index (χ0v) is 10.3. The van der Waals surface area contributed by atoms with Gasteiger partial charge in [-0.3, -0.25) is 0 Å². The van der Waals surface area contributed by atoms with E-state index in [9.17, 15) is 0 Å². The molecule has 0 radical (unpaired) electrons. The van der Waals surface area contributed by atoms with Crippen LogP contribution < -0.4 is 5.32 Å². The summed E-state index contributed by atoms with van der Waals surface area (Å²) in [5.74, 6) is 0. The smallest absolute Gasteiger partial charge is 0.115 e. The minimum absolute atomic E-state index is 0.131. The average Bonchev–Trinajstić information content (AvgIpc) is 2.24. The summed E-state index contributed by atoms with van der Waals surface area (Å²) in [7, 11) is 0. The van der Waals surface area contributed by atoms with Gasteiger partial charge in [0.1, 0.15) is 4.45 Å². The average molecular weight is 264 g/mol. The number of benzene rings is 1. The van der Waals surface area contributed by atoms with E-state index < -0.39 is 0 Å². The van der Waals surface area contributed by atoms with Crippen molar-refractivity contribution in [1.29, 1.82) is 0 Å². The summed E-state index contributed by atoms with van der Waals surface area (Å²) in [6, 6.07) is 10.2. The van der Waals surface area contributed by atoms with E-state index in [1.165, 1.54) is 5.57 Å². The standard InChI is InChI=1S/C13H14BrN/c1-11-7-9-13(14,10-8-11)15-12-5-3-2-4-6-12/h2-9,15H,10H2,1H3. The van der Waals surface area contributed by atoms with Crippen molar-refractivity contribution in [2.75, 3.05) is 5.32 Å². The highest BCUT2D eigenvalue weighted by Gasteiger charge is 2.23. The summed E-state index contributed by atoms with van der Waals surface area (Å²) in [5, 5.41) is 3.46. The maximum Gasteiger partial charge on any atom is 0.115 e. The highest BCUT2D eigenvalue weighted by atomic mass is 79.9. The van der Waals surface area contributed by atoms with Gasteiger partial charge in [-0.25, -0.2) is 0 Å². The van der Waals surface area contributed by atoms with Crippen molar-refractivity contribution in [3.63, 3.8) is 0 Å². The minimum Gasteiger partial charge on any atom is -0.367 e. The number of para-hydroxylation sites is 1. The molecule has 1 atom stereocenters. The Labute approximate surface area is 99.0 Å². The quantitative estimate of drug-likeness (QED) is 0.626. The summed E-state index contributed by atoms with van der Waals surface area (Å²) >= 11 is 3.72. The number of halogens is 1. The second-order valence-electron chi connectivity index (χ2n) is 3.84. The fourth-order valence-electron chi connectivity index (χ4n) is 1.56. The maximum absolute atomic E-state index is 3.72. The van der Waals surface area contributed by atoms with Crippen molar-refractivity contribution in [3.8, 4) is 0 Å². The molecule has 2 heteroatoms. The Kier molecular flexibility index (Phi) is 2.96. The van der Waals surface area contributed by atoms with Gasteiger partial charge in [-0.1, -0.05) is 51.9 Å². The van der Waals surface area contributed by atoms with Crippen LogP contribution in [0.3, 0.4) is 0 Å². The predicted molar refractivity (Wildman–Crippen MR) is 69.2 cm³/mol. The van der Waals surface area contributed by atoms with Crippen molar-refractivity contribution in [2.45, 2.75) is 17.8 Å². The first kappa shape index (κ1) is 10.5. The second-order valence-corrected chi connectivity index (χ2v) is 5.25. The molecule has 15 heavy (non-hydrogen) atoms. The third-order valence-electron chi connectivity index (χ3n) is 2.46. The lowest BCUT2D eigenvalue weighted by molar-refractivity contribution is 0.824. The molecule has 1 nitrogen and oxygen atoms in total. The molecule has 1 aromatic carbocycles. The van der Waals surface area contributed by atoms with Gasteiger partial charge < -0.3 is 5.32 Å². The van der Waals surface area contributed by atoms with Crippen LogP contribution in [0.15, 0.2) is 54.1 Å². The molecule has 1 aliphatic rings. The highest BCUT2D eigenvalue weighted by molar-refractivity contribution is 9.10. The second kappa shape index (κ2) is 4.23.